The molecule has 24 heavy (non-hydrogen) atoms. The van der Waals surface area contributed by atoms with Gasteiger partial charge in [-0.2, -0.15) is 0 Å². The van der Waals surface area contributed by atoms with Crippen LogP contribution in [0, 0.1) is 13.8 Å². The Balaban J connectivity index is 1.78. The highest BCUT2D eigenvalue weighted by atomic mass is 35.5. The minimum atomic E-state index is -0.599. The number of aliphatic hydroxyl groups excluding tert-OH is 1. The molecule has 2 N–H and O–H groups in total. The number of aliphatic hydroxyl groups is 1. The van der Waals surface area contributed by atoms with E-state index in [1.54, 1.807) is 0 Å². The van der Waals surface area contributed by atoms with E-state index in [1.165, 1.54) is 0 Å². The second-order valence-corrected chi connectivity index (χ2v) is 6.47. The van der Waals surface area contributed by atoms with E-state index in [1.807, 2.05) is 62.4 Å². The molecule has 1 aromatic heterocycles. The topological polar surface area (TPSA) is 45.1 Å². The van der Waals surface area contributed by atoms with Gasteiger partial charge in [0.15, 0.2) is 0 Å². The summed E-state index contributed by atoms with van der Waals surface area (Å²) in [5.41, 5.74) is 4.93. The van der Waals surface area contributed by atoms with Gasteiger partial charge in [0.25, 0.3) is 0 Å². The zero-order valence-electron chi connectivity index (χ0n) is 13.9. The first-order valence-corrected chi connectivity index (χ1v) is 8.43. The van der Waals surface area contributed by atoms with Crippen LogP contribution in [0.25, 0.3) is 10.9 Å². The lowest BCUT2D eigenvalue weighted by Gasteiger charge is -2.16. The van der Waals surface area contributed by atoms with Crippen molar-refractivity contribution < 1.29 is 5.11 Å². The van der Waals surface area contributed by atoms with Gasteiger partial charge in [-0.1, -0.05) is 48.0 Å². The smallest absolute Gasteiger partial charge is 0.0921 e. The highest BCUT2D eigenvalue weighted by Crippen LogP contribution is 2.26. The lowest BCUT2D eigenvalue weighted by Crippen LogP contribution is -2.21. The number of aromatic nitrogens is 1. The number of para-hydroxylation sites is 1. The minimum Gasteiger partial charge on any atom is -0.387 e. The average Bonchev–Trinajstić information content (AvgIpc) is 2.57. The summed E-state index contributed by atoms with van der Waals surface area (Å²) in [4.78, 5) is 4.61. The van der Waals surface area contributed by atoms with Crippen molar-refractivity contribution in [2.75, 3.05) is 6.54 Å². The fourth-order valence-electron chi connectivity index (χ4n) is 2.92. The molecule has 1 atom stereocenters. The Morgan fingerprint density at radius 1 is 1.12 bits per heavy atom. The van der Waals surface area contributed by atoms with Gasteiger partial charge in [-0.15, -0.1) is 0 Å². The number of nitrogens with zero attached hydrogens (tertiary/aromatic N) is 1. The molecule has 0 saturated carbocycles. The summed E-state index contributed by atoms with van der Waals surface area (Å²) in [6.07, 6.45) is -0.599. The standard InChI is InChI=1S/C20H21ClN2O/c1-13-6-5-8-16-17(10-14(2)23-20(13)16)19(24)12-22-11-15-7-3-4-9-18(15)21/h3-10,19,22,24H,11-12H2,1-2H3. The SMILES string of the molecule is Cc1cc(C(O)CNCc2ccccc2Cl)c2cccc(C)c2n1. The first kappa shape index (κ1) is 16.9. The van der Waals surface area contributed by atoms with Gasteiger partial charge in [-0.3, -0.25) is 4.98 Å². The van der Waals surface area contributed by atoms with Gasteiger partial charge >= 0.3 is 0 Å². The van der Waals surface area contributed by atoms with Gasteiger partial charge in [-0.25, -0.2) is 0 Å². The highest BCUT2D eigenvalue weighted by molar-refractivity contribution is 6.31. The molecule has 0 saturated heterocycles. The van der Waals surface area contributed by atoms with Crippen molar-refractivity contribution in [3.05, 3.63) is 75.9 Å². The van der Waals surface area contributed by atoms with E-state index in [9.17, 15) is 5.11 Å². The van der Waals surface area contributed by atoms with E-state index >= 15 is 0 Å². The van der Waals surface area contributed by atoms with Crippen LogP contribution in [-0.4, -0.2) is 16.6 Å². The van der Waals surface area contributed by atoms with E-state index in [-0.39, 0.29) is 0 Å². The first-order valence-electron chi connectivity index (χ1n) is 8.05. The van der Waals surface area contributed by atoms with E-state index in [4.69, 9.17) is 11.6 Å². The Kier molecular flexibility index (Phi) is 5.14. The summed E-state index contributed by atoms with van der Waals surface area (Å²) >= 11 is 6.16. The fraction of sp³-hybridized carbons (Fsp3) is 0.250. The second-order valence-electron chi connectivity index (χ2n) is 6.06. The molecule has 3 nitrogen and oxygen atoms in total. The largest absolute Gasteiger partial charge is 0.387 e. The molecule has 0 amide bonds. The summed E-state index contributed by atoms with van der Waals surface area (Å²) < 4.78 is 0. The lowest BCUT2D eigenvalue weighted by molar-refractivity contribution is 0.175. The number of fused-ring (bicyclic) bond motifs is 1. The molecule has 2 aromatic carbocycles. The van der Waals surface area contributed by atoms with Crippen LogP contribution >= 0.6 is 11.6 Å². The van der Waals surface area contributed by atoms with Crippen LogP contribution in [0.2, 0.25) is 5.02 Å². The third kappa shape index (κ3) is 3.59. The van der Waals surface area contributed by atoms with Gasteiger partial charge in [0.1, 0.15) is 0 Å². The van der Waals surface area contributed by atoms with E-state index < -0.39 is 6.10 Å². The maximum absolute atomic E-state index is 10.7. The Hall–Kier alpha value is -1.94. The maximum Gasteiger partial charge on any atom is 0.0921 e. The summed E-state index contributed by atoms with van der Waals surface area (Å²) in [7, 11) is 0. The molecule has 0 aliphatic heterocycles. The third-order valence-electron chi connectivity index (χ3n) is 4.17. The Bertz CT molecular complexity index is 863. The number of nitrogens with one attached hydrogen (secondary N) is 1. The molecule has 1 unspecified atom stereocenters. The van der Waals surface area contributed by atoms with Crippen LogP contribution < -0.4 is 5.32 Å². The van der Waals surface area contributed by atoms with Crippen molar-refractivity contribution >= 4 is 22.5 Å². The Morgan fingerprint density at radius 3 is 2.71 bits per heavy atom. The van der Waals surface area contributed by atoms with Gasteiger partial charge in [-0.05, 0) is 42.7 Å². The molecule has 0 fully saturated rings. The minimum absolute atomic E-state index is 0.456. The van der Waals surface area contributed by atoms with Crippen LogP contribution in [-0.2, 0) is 6.54 Å². The molecule has 0 bridgehead atoms. The molecule has 0 aliphatic rings. The monoisotopic (exact) mass is 340 g/mol. The number of halogens is 1. The number of hydrogen-bond acceptors (Lipinski definition) is 3. The summed E-state index contributed by atoms with van der Waals surface area (Å²) in [5.74, 6) is 0. The molecule has 0 radical (unpaired) electrons. The van der Waals surface area contributed by atoms with Gasteiger partial charge in [0, 0.05) is 29.2 Å². The number of benzene rings is 2. The number of pyridine rings is 1. The average molecular weight is 341 g/mol. The highest BCUT2D eigenvalue weighted by Gasteiger charge is 2.14. The summed E-state index contributed by atoms with van der Waals surface area (Å²) in [5, 5.41) is 15.7. The third-order valence-corrected chi connectivity index (χ3v) is 4.54. The number of hydrogen-bond donors (Lipinski definition) is 2. The van der Waals surface area contributed by atoms with E-state index in [2.05, 4.69) is 10.3 Å². The predicted molar refractivity (Wildman–Crippen MR) is 99.3 cm³/mol. The normalized spacial score (nSPS) is 12.5. The zero-order valence-corrected chi connectivity index (χ0v) is 14.6. The number of aryl methyl sites for hydroxylation is 2. The van der Waals surface area contributed by atoms with Crippen molar-refractivity contribution in [1.82, 2.24) is 10.3 Å². The quantitative estimate of drug-likeness (QED) is 0.726. The lowest BCUT2D eigenvalue weighted by atomic mass is 10.0. The van der Waals surface area contributed by atoms with E-state index in [0.29, 0.717) is 13.1 Å². The Morgan fingerprint density at radius 2 is 1.92 bits per heavy atom. The molecular formula is C20H21ClN2O. The summed E-state index contributed by atoms with van der Waals surface area (Å²) in [6, 6.07) is 15.7. The van der Waals surface area contributed by atoms with Gasteiger partial charge < -0.3 is 10.4 Å². The maximum atomic E-state index is 10.7. The van der Waals surface area contributed by atoms with Gasteiger partial charge in [0.2, 0.25) is 0 Å². The van der Waals surface area contributed by atoms with Crippen LogP contribution in [0.15, 0.2) is 48.5 Å². The molecule has 3 aromatic rings. The van der Waals surface area contributed by atoms with Crippen molar-refractivity contribution in [3.8, 4) is 0 Å². The predicted octanol–water partition coefficient (Wildman–Crippen LogP) is 4.33. The van der Waals surface area contributed by atoms with Crippen LogP contribution in [0.1, 0.15) is 28.5 Å². The van der Waals surface area contributed by atoms with Crippen molar-refractivity contribution in [3.63, 3.8) is 0 Å². The molecule has 1 heterocycles. The fourth-order valence-corrected chi connectivity index (χ4v) is 3.13. The Labute approximate surface area is 147 Å². The second kappa shape index (κ2) is 7.31. The van der Waals surface area contributed by atoms with Crippen molar-refractivity contribution in [2.24, 2.45) is 0 Å². The molecular weight excluding hydrogens is 320 g/mol. The number of rotatable bonds is 5. The van der Waals surface area contributed by atoms with Crippen LogP contribution in [0.5, 0.6) is 0 Å². The van der Waals surface area contributed by atoms with Crippen LogP contribution in [0.3, 0.4) is 0 Å². The van der Waals surface area contributed by atoms with Gasteiger partial charge in [0.05, 0.1) is 11.6 Å². The van der Waals surface area contributed by atoms with Crippen molar-refractivity contribution in [2.45, 2.75) is 26.5 Å². The molecule has 4 heteroatoms. The first-order chi connectivity index (χ1) is 11.6. The van der Waals surface area contributed by atoms with E-state index in [0.717, 1.165) is 38.3 Å². The molecule has 0 spiro atoms. The summed E-state index contributed by atoms with van der Waals surface area (Å²) in [6.45, 7) is 5.08. The molecule has 124 valence electrons. The van der Waals surface area contributed by atoms with Crippen LogP contribution in [0.4, 0.5) is 0 Å². The van der Waals surface area contributed by atoms with Crippen molar-refractivity contribution in [1.29, 1.82) is 0 Å². The molecule has 0 aliphatic carbocycles. The molecule has 3 rings (SSSR count). The zero-order chi connectivity index (χ0) is 17.1.